The minimum atomic E-state index is -0.188. The molecule has 0 bridgehead atoms. The number of rotatable bonds is 6. The molecular formula is C15H21NO2S. The molecule has 0 fully saturated rings. The summed E-state index contributed by atoms with van der Waals surface area (Å²) in [6.07, 6.45) is 7.44. The van der Waals surface area contributed by atoms with E-state index in [1.165, 1.54) is 4.88 Å². The second-order valence-electron chi connectivity index (χ2n) is 4.73. The van der Waals surface area contributed by atoms with Crippen molar-refractivity contribution in [1.82, 2.24) is 5.32 Å². The summed E-state index contributed by atoms with van der Waals surface area (Å²) in [6.45, 7) is 3.04. The second-order valence-corrected chi connectivity index (χ2v) is 5.77. The van der Waals surface area contributed by atoms with Crippen molar-refractivity contribution in [3.05, 3.63) is 34.5 Å². The van der Waals surface area contributed by atoms with E-state index in [1.54, 1.807) is 11.3 Å². The van der Waals surface area contributed by atoms with Crippen molar-refractivity contribution in [1.29, 1.82) is 0 Å². The van der Waals surface area contributed by atoms with E-state index in [4.69, 9.17) is 4.74 Å². The Labute approximate surface area is 118 Å². The zero-order chi connectivity index (χ0) is 13.5. The molecule has 0 saturated heterocycles. The van der Waals surface area contributed by atoms with Gasteiger partial charge in [-0.15, -0.1) is 11.3 Å². The Kier molecular flexibility index (Phi) is 5.61. The Balaban J connectivity index is 1.96. The van der Waals surface area contributed by atoms with Gasteiger partial charge in [0.15, 0.2) is 0 Å². The quantitative estimate of drug-likeness (QED) is 0.642. The van der Waals surface area contributed by atoms with Gasteiger partial charge in [-0.05, 0) is 43.6 Å². The summed E-state index contributed by atoms with van der Waals surface area (Å²) in [5.41, 5.74) is 0. The number of carbonyl (C=O) groups is 1. The molecule has 4 heteroatoms. The Hall–Kier alpha value is -1.13. The molecule has 1 aliphatic rings. The molecule has 0 radical (unpaired) electrons. The molecular weight excluding hydrogens is 258 g/mol. The molecule has 0 spiro atoms. The van der Waals surface area contributed by atoms with Crippen LogP contribution in [-0.2, 0) is 16.1 Å². The summed E-state index contributed by atoms with van der Waals surface area (Å²) >= 11 is 1.71. The fourth-order valence-corrected chi connectivity index (χ4v) is 3.07. The highest BCUT2D eigenvalue weighted by atomic mass is 32.1. The topological polar surface area (TPSA) is 38.3 Å². The minimum Gasteiger partial charge on any atom is -0.465 e. The van der Waals surface area contributed by atoms with Crippen LogP contribution in [0.5, 0.6) is 0 Å². The Bertz CT molecular complexity index is 414. The van der Waals surface area contributed by atoms with Crippen molar-refractivity contribution < 1.29 is 9.53 Å². The lowest BCUT2D eigenvalue weighted by Gasteiger charge is -2.27. The first-order chi connectivity index (χ1) is 9.31. The minimum absolute atomic E-state index is 0.112. The lowest BCUT2D eigenvalue weighted by atomic mass is 9.87. The number of ether oxygens (including phenoxy) is 1. The molecule has 104 valence electrons. The number of carbonyl (C=O) groups excluding carboxylic acids is 1. The molecule has 0 aliphatic heterocycles. The zero-order valence-corrected chi connectivity index (χ0v) is 12.1. The van der Waals surface area contributed by atoms with Crippen LogP contribution in [0.15, 0.2) is 29.7 Å². The van der Waals surface area contributed by atoms with Crippen molar-refractivity contribution >= 4 is 17.3 Å². The van der Waals surface area contributed by atoms with Gasteiger partial charge in [0.1, 0.15) is 6.04 Å². The third kappa shape index (κ3) is 4.18. The van der Waals surface area contributed by atoms with E-state index in [2.05, 4.69) is 28.9 Å². The van der Waals surface area contributed by atoms with Crippen LogP contribution in [0.25, 0.3) is 0 Å². The van der Waals surface area contributed by atoms with Gasteiger partial charge in [0, 0.05) is 11.4 Å². The Morgan fingerprint density at radius 2 is 2.47 bits per heavy atom. The van der Waals surface area contributed by atoms with E-state index in [0.717, 1.165) is 25.8 Å². The summed E-state index contributed by atoms with van der Waals surface area (Å²) in [5.74, 6) is 0.239. The van der Waals surface area contributed by atoms with Gasteiger partial charge in [0.05, 0.1) is 6.61 Å². The average Bonchev–Trinajstić information content (AvgIpc) is 2.94. The van der Waals surface area contributed by atoms with E-state index in [1.807, 2.05) is 13.0 Å². The van der Waals surface area contributed by atoms with E-state index in [0.29, 0.717) is 12.5 Å². The second kappa shape index (κ2) is 7.46. The fraction of sp³-hybridized carbons (Fsp3) is 0.533. The van der Waals surface area contributed by atoms with Crippen molar-refractivity contribution in [3.8, 4) is 0 Å². The summed E-state index contributed by atoms with van der Waals surface area (Å²) in [6, 6.07) is 3.93. The third-order valence-electron chi connectivity index (χ3n) is 3.40. The summed E-state index contributed by atoms with van der Waals surface area (Å²) in [7, 11) is 0. The van der Waals surface area contributed by atoms with Gasteiger partial charge in [-0.1, -0.05) is 18.2 Å². The molecule has 2 atom stereocenters. The van der Waals surface area contributed by atoms with E-state index in [9.17, 15) is 4.79 Å². The summed E-state index contributed by atoms with van der Waals surface area (Å²) < 4.78 is 5.21. The van der Waals surface area contributed by atoms with Crippen molar-refractivity contribution in [2.24, 2.45) is 5.92 Å². The number of nitrogens with one attached hydrogen (secondary N) is 1. The molecule has 1 aromatic rings. The van der Waals surface area contributed by atoms with Gasteiger partial charge in [-0.25, -0.2) is 0 Å². The predicted octanol–water partition coefficient (Wildman–Crippen LogP) is 3.13. The highest BCUT2D eigenvalue weighted by Gasteiger charge is 2.29. The van der Waals surface area contributed by atoms with Crippen LogP contribution in [0.1, 0.15) is 31.1 Å². The molecule has 1 heterocycles. The number of thiophene rings is 1. The first kappa shape index (κ1) is 14.3. The first-order valence-corrected chi connectivity index (χ1v) is 7.76. The van der Waals surface area contributed by atoms with Crippen molar-refractivity contribution in [3.63, 3.8) is 0 Å². The highest BCUT2D eigenvalue weighted by molar-refractivity contribution is 7.09. The standard InChI is InChI=1S/C15H21NO2S/c1-2-18-15(17)14(12-7-4-3-5-8-12)16-11-13-9-6-10-19-13/h3-4,6,9-10,12,14,16H,2,5,7-8,11H2,1H3. The van der Waals surface area contributed by atoms with Crippen LogP contribution in [0.2, 0.25) is 0 Å². The van der Waals surface area contributed by atoms with Crippen LogP contribution in [0.3, 0.4) is 0 Å². The van der Waals surface area contributed by atoms with Crippen molar-refractivity contribution in [2.45, 2.75) is 38.8 Å². The number of allylic oxidation sites excluding steroid dienone is 2. The highest BCUT2D eigenvalue weighted by Crippen LogP contribution is 2.23. The summed E-state index contributed by atoms with van der Waals surface area (Å²) in [5, 5.41) is 5.43. The molecule has 1 aliphatic carbocycles. The maximum atomic E-state index is 12.1. The van der Waals surface area contributed by atoms with Crippen LogP contribution in [0, 0.1) is 5.92 Å². The molecule has 0 saturated carbocycles. The molecule has 1 aromatic heterocycles. The molecule has 19 heavy (non-hydrogen) atoms. The monoisotopic (exact) mass is 279 g/mol. The van der Waals surface area contributed by atoms with Gasteiger partial charge < -0.3 is 4.74 Å². The van der Waals surface area contributed by atoms with Gasteiger partial charge in [-0.2, -0.15) is 0 Å². The lowest BCUT2D eigenvalue weighted by Crippen LogP contribution is -2.43. The van der Waals surface area contributed by atoms with Crippen molar-refractivity contribution in [2.75, 3.05) is 6.61 Å². The maximum Gasteiger partial charge on any atom is 0.323 e. The average molecular weight is 279 g/mol. The smallest absolute Gasteiger partial charge is 0.323 e. The van der Waals surface area contributed by atoms with E-state index < -0.39 is 0 Å². The third-order valence-corrected chi connectivity index (χ3v) is 4.27. The van der Waals surface area contributed by atoms with Crippen LogP contribution < -0.4 is 5.32 Å². The van der Waals surface area contributed by atoms with Gasteiger partial charge in [-0.3, -0.25) is 10.1 Å². The number of esters is 1. The van der Waals surface area contributed by atoms with Crippen LogP contribution >= 0.6 is 11.3 Å². The molecule has 3 nitrogen and oxygen atoms in total. The van der Waals surface area contributed by atoms with E-state index >= 15 is 0 Å². The van der Waals surface area contributed by atoms with Crippen LogP contribution in [0.4, 0.5) is 0 Å². The Morgan fingerprint density at radius 3 is 3.11 bits per heavy atom. The fourth-order valence-electron chi connectivity index (χ4n) is 2.42. The number of hydrogen-bond acceptors (Lipinski definition) is 4. The molecule has 2 rings (SSSR count). The largest absolute Gasteiger partial charge is 0.465 e. The first-order valence-electron chi connectivity index (χ1n) is 6.88. The van der Waals surface area contributed by atoms with Crippen LogP contribution in [-0.4, -0.2) is 18.6 Å². The molecule has 0 amide bonds. The zero-order valence-electron chi connectivity index (χ0n) is 11.3. The Morgan fingerprint density at radius 1 is 1.58 bits per heavy atom. The van der Waals surface area contributed by atoms with Gasteiger partial charge in [0.2, 0.25) is 0 Å². The lowest BCUT2D eigenvalue weighted by molar-refractivity contribution is -0.147. The van der Waals surface area contributed by atoms with E-state index in [-0.39, 0.29) is 12.0 Å². The molecule has 2 unspecified atom stereocenters. The number of hydrogen-bond donors (Lipinski definition) is 1. The van der Waals surface area contributed by atoms with Gasteiger partial charge in [0.25, 0.3) is 0 Å². The normalized spacial score (nSPS) is 20.2. The SMILES string of the molecule is CCOC(=O)C(NCc1cccs1)C1CC=CCC1. The molecule has 1 N–H and O–H groups in total. The van der Waals surface area contributed by atoms with Gasteiger partial charge >= 0.3 is 5.97 Å². The summed E-state index contributed by atoms with van der Waals surface area (Å²) in [4.78, 5) is 13.3. The molecule has 0 aromatic carbocycles. The predicted molar refractivity (Wildman–Crippen MR) is 78.1 cm³/mol. The maximum absolute atomic E-state index is 12.1.